The number of halogens is 1. The monoisotopic (exact) mass is 342 g/mol. The minimum absolute atomic E-state index is 0.219. The first-order valence-corrected chi connectivity index (χ1v) is 8.12. The van der Waals surface area contributed by atoms with Crippen LogP contribution in [0.2, 0.25) is 0 Å². The largest absolute Gasteiger partial charge is 0.296 e. The molecule has 0 atom stereocenters. The number of hydrogen-bond acceptors (Lipinski definition) is 5. The molecule has 0 unspecified atom stereocenters. The van der Waals surface area contributed by atoms with Gasteiger partial charge in [-0.05, 0) is 31.0 Å². The number of amides is 1. The van der Waals surface area contributed by atoms with E-state index in [4.69, 9.17) is 0 Å². The number of anilines is 1. The molecule has 2 aromatic heterocycles. The van der Waals surface area contributed by atoms with Crippen LogP contribution in [0.5, 0.6) is 0 Å². The number of nitrogens with one attached hydrogen (secondary N) is 1. The summed E-state index contributed by atoms with van der Waals surface area (Å²) in [6.07, 6.45) is 5.20. The van der Waals surface area contributed by atoms with Gasteiger partial charge in [0.1, 0.15) is 11.5 Å². The van der Waals surface area contributed by atoms with Crippen LogP contribution in [-0.2, 0) is 6.42 Å². The van der Waals surface area contributed by atoms with Gasteiger partial charge in [-0.15, -0.1) is 11.3 Å². The maximum absolute atomic E-state index is 13.6. The first kappa shape index (κ1) is 16.2. The van der Waals surface area contributed by atoms with Crippen LogP contribution in [0.25, 0.3) is 0 Å². The van der Waals surface area contributed by atoms with E-state index in [1.165, 1.54) is 29.8 Å². The average Bonchev–Trinajstić information content (AvgIpc) is 2.98. The first-order valence-electron chi connectivity index (χ1n) is 7.31. The highest BCUT2D eigenvalue weighted by molar-refractivity contribution is 7.15. The summed E-state index contributed by atoms with van der Waals surface area (Å²) in [6.45, 7) is 3.53. The van der Waals surface area contributed by atoms with Gasteiger partial charge in [-0.25, -0.2) is 14.4 Å². The molecule has 2 heterocycles. The summed E-state index contributed by atoms with van der Waals surface area (Å²) < 4.78 is 13.6. The van der Waals surface area contributed by atoms with Crippen LogP contribution in [0, 0.1) is 19.7 Å². The zero-order chi connectivity index (χ0) is 17.1. The van der Waals surface area contributed by atoms with E-state index >= 15 is 0 Å². The Morgan fingerprint density at radius 1 is 1.17 bits per heavy atom. The highest BCUT2D eigenvalue weighted by Gasteiger charge is 2.11. The summed E-state index contributed by atoms with van der Waals surface area (Å²) in [5, 5.41) is 3.17. The second-order valence-electron chi connectivity index (χ2n) is 5.39. The van der Waals surface area contributed by atoms with Crippen LogP contribution < -0.4 is 5.32 Å². The van der Waals surface area contributed by atoms with Crippen LogP contribution in [0.4, 0.5) is 9.52 Å². The molecule has 1 amide bonds. The van der Waals surface area contributed by atoms with E-state index in [0.29, 0.717) is 17.1 Å². The van der Waals surface area contributed by atoms with E-state index in [9.17, 15) is 9.18 Å². The van der Waals surface area contributed by atoms with Crippen molar-refractivity contribution in [3.63, 3.8) is 0 Å². The predicted molar refractivity (Wildman–Crippen MR) is 90.8 cm³/mol. The molecule has 0 radical (unpaired) electrons. The van der Waals surface area contributed by atoms with Crippen LogP contribution >= 0.6 is 11.3 Å². The highest BCUT2D eigenvalue weighted by Crippen LogP contribution is 2.22. The second kappa shape index (κ2) is 6.84. The predicted octanol–water partition coefficient (Wildman–Crippen LogP) is 3.53. The third-order valence-corrected chi connectivity index (χ3v) is 4.31. The molecule has 3 rings (SSSR count). The van der Waals surface area contributed by atoms with Gasteiger partial charge < -0.3 is 0 Å². The lowest BCUT2D eigenvalue weighted by atomic mass is 10.1. The lowest BCUT2D eigenvalue weighted by molar-refractivity contribution is 0.102. The van der Waals surface area contributed by atoms with E-state index in [0.717, 1.165) is 16.1 Å². The summed E-state index contributed by atoms with van der Waals surface area (Å²) in [5.41, 5.74) is 2.46. The van der Waals surface area contributed by atoms with Gasteiger partial charge in [0, 0.05) is 23.7 Å². The Labute approximate surface area is 142 Å². The van der Waals surface area contributed by atoms with Crippen molar-refractivity contribution >= 4 is 22.4 Å². The number of hydrogen-bond donors (Lipinski definition) is 1. The van der Waals surface area contributed by atoms with Crippen molar-refractivity contribution in [2.45, 2.75) is 20.3 Å². The molecule has 0 bridgehead atoms. The van der Waals surface area contributed by atoms with Gasteiger partial charge in [0.15, 0.2) is 5.13 Å². The lowest BCUT2D eigenvalue weighted by Crippen LogP contribution is -2.13. The fourth-order valence-electron chi connectivity index (χ4n) is 2.07. The molecule has 0 aliphatic rings. The smallest absolute Gasteiger partial charge is 0.277 e. The van der Waals surface area contributed by atoms with Crippen molar-refractivity contribution in [2.75, 3.05) is 5.32 Å². The maximum Gasteiger partial charge on any atom is 0.277 e. The molecule has 0 aliphatic heterocycles. The van der Waals surface area contributed by atoms with Crippen molar-refractivity contribution in [1.82, 2.24) is 15.0 Å². The standard InChI is InChI=1S/C17H15FN4OS/c1-10-3-4-12(6-14(10)18)5-13-8-21-17(24-13)22-16(23)15-9-19-11(2)7-20-15/h3-4,6-9H,5H2,1-2H3,(H,21,22,23). The molecule has 0 aliphatic carbocycles. The molecule has 1 N–H and O–H groups in total. The Bertz CT molecular complexity index is 877. The number of thiazole rings is 1. The van der Waals surface area contributed by atoms with Gasteiger partial charge >= 0.3 is 0 Å². The van der Waals surface area contributed by atoms with E-state index in [-0.39, 0.29) is 17.4 Å². The van der Waals surface area contributed by atoms with Crippen molar-refractivity contribution in [1.29, 1.82) is 0 Å². The van der Waals surface area contributed by atoms with Gasteiger partial charge in [-0.2, -0.15) is 0 Å². The molecule has 7 heteroatoms. The molecule has 3 aromatic rings. The minimum Gasteiger partial charge on any atom is -0.296 e. The van der Waals surface area contributed by atoms with Crippen molar-refractivity contribution in [3.05, 3.63) is 70.0 Å². The molecule has 122 valence electrons. The number of rotatable bonds is 4. The summed E-state index contributed by atoms with van der Waals surface area (Å²) in [5.74, 6) is -0.576. The fraction of sp³-hybridized carbons (Fsp3) is 0.176. The number of aromatic nitrogens is 3. The molecule has 0 spiro atoms. The van der Waals surface area contributed by atoms with Crippen molar-refractivity contribution in [3.8, 4) is 0 Å². The highest BCUT2D eigenvalue weighted by atomic mass is 32.1. The Morgan fingerprint density at radius 2 is 2.00 bits per heavy atom. The van der Waals surface area contributed by atoms with Crippen molar-refractivity contribution < 1.29 is 9.18 Å². The summed E-state index contributed by atoms with van der Waals surface area (Å²) in [6, 6.07) is 5.16. The van der Waals surface area contributed by atoms with E-state index in [2.05, 4.69) is 20.3 Å². The summed E-state index contributed by atoms with van der Waals surface area (Å²) in [7, 11) is 0. The maximum atomic E-state index is 13.6. The second-order valence-corrected chi connectivity index (χ2v) is 6.50. The fourth-order valence-corrected chi connectivity index (χ4v) is 2.91. The molecule has 0 saturated heterocycles. The van der Waals surface area contributed by atoms with E-state index in [1.54, 1.807) is 26.1 Å². The zero-order valence-electron chi connectivity index (χ0n) is 13.2. The molecule has 24 heavy (non-hydrogen) atoms. The van der Waals surface area contributed by atoms with Gasteiger partial charge in [-0.3, -0.25) is 15.1 Å². The Kier molecular flexibility index (Phi) is 4.61. The number of nitrogens with zero attached hydrogens (tertiary/aromatic N) is 3. The summed E-state index contributed by atoms with van der Waals surface area (Å²) in [4.78, 5) is 25.3. The van der Waals surface area contributed by atoms with Crippen LogP contribution in [0.15, 0.2) is 36.8 Å². The third kappa shape index (κ3) is 3.80. The van der Waals surface area contributed by atoms with Gasteiger partial charge in [0.05, 0.1) is 11.9 Å². The number of benzene rings is 1. The topological polar surface area (TPSA) is 67.8 Å². The molecular formula is C17H15FN4OS. The molecule has 0 fully saturated rings. The van der Waals surface area contributed by atoms with Crippen LogP contribution in [0.3, 0.4) is 0 Å². The summed E-state index contributed by atoms with van der Waals surface area (Å²) >= 11 is 1.35. The number of carbonyl (C=O) groups excluding carboxylic acids is 1. The quantitative estimate of drug-likeness (QED) is 0.787. The molecule has 0 saturated carbocycles. The Morgan fingerprint density at radius 3 is 2.71 bits per heavy atom. The van der Waals surface area contributed by atoms with Crippen LogP contribution in [-0.4, -0.2) is 20.9 Å². The molecular weight excluding hydrogens is 327 g/mol. The molecule has 1 aromatic carbocycles. The van der Waals surface area contributed by atoms with Gasteiger partial charge in [0.25, 0.3) is 5.91 Å². The zero-order valence-corrected chi connectivity index (χ0v) is 14.0. The first-order chi connectivity index (χ1) is 11.5. The minimum atomic E-state index is -0.357. The van der Waals surface area contributed by atoms with E-state index in [1.807, 2.05) is 6.07 Å². The average molecular weight is 342 g/mol. The van der Waals surface area contributed by atoms with Gasteiger partial charge in [0.2, 0.25) is 0 Å². The SMILES string of the molecule is Cc1cnc(C(=O)Nc2ncc(Cc3ccc(C)c(F)c3)s2)cn1. The Hall–Kier alpha value is -2.67. The van der Waals surface area contributed by atoms with E-state index < -0.39 is 0 Å². The third-order valence-electron chi connectivity index (χ3n) is 3.40. The van der Waals surface area contributed by atoms with Crippen LogP contribution in [0.1, 0.15) is 32.2 Å². The number of aryl methyl sites for hydroxylation is 2. The van der Waals surface area contributed by atoms with Crippen molar-refractivity contribution in [2.24, 2.45) is 0 Å². The normalized spacial score (nSPS) is 10.6. The number of carbonyl (C=O) groups is 1. The Balaban J connectivity index is 1.67. The van der Waals surface area contributed by atoms with Gasteiger partial charge in [-0.1, -0.05) is 12.1 Å². The lowest BCUT2D eigenvalue weighted by Gasteiger charge is -2.01. The molecule has 5 nitrogen and oxygen atoms in total.